The van der Waals surface area contributed by atoms with Crippen LogP contribution in [0.15, 0.2) is 0 Å². The molecule has 41 heavy (non-hydrogen) atoms. The van der Waals surface area contributed by atoms with E-state index in [9.17, 15) is 115 Å². The second-order valence-corrected chi connectivity index (χ2v) is 7.52. The molecule has 27 heteroatoms. The summed E-state index contributed by atoms with van der Waals surface area (Å²) in [7, 11) is 0. The van der Waals surface area contributed by atoms with E-state index >= 15 is 0 Å². The Hall–Kier alpha value is -2.28. The topological polar surface area (TPSA) is 37.3 Å². The third-order valence-corrected chi connectivity index (χ3v) is 4.74. The Morgan fingerprint density at radius 1 is 0.341 bits per heavy atom. The molecule has 0 aliphatic carbocycles. The van der Waals surface area contributed by atoms with Crippen LogP contribution in [0.2, 0.25) is 0 Å². The Morgan fingerprint density at radius 3 is 0.683 bits per heavy atom. The fourth-order valence-corrected chi connectivity index (χ4v) is 2.29. The number of hydrogen-bond acceptors (Lipinski definition) is 1. The van der Waals surface area contributed by atoms with Crippen LogP contribution < -0.4 is 0 Å². The summed E-state index contributed by atoms with van der Waals surface area (Å²) in [4.78, 5) is 9.99. The molecule has 0 radical (unpaired) electrons. The van der Waals surface area contributed by atoms with Gasteiger partial charge in [0, 0.05) is 0 Å². The summed E-state index contributed by atoms with van der Waals surface area (Å²) in [6.45, 7) is 0. The molecule has 0 unspecified atom stereocenters. The van der Waals surface area contributed by atoms with Gasteiger partial charge in [-0.05, 0) is 0 Å². The first-order valence-electron chi connectivity index (χ1n) is 8.61. The van der Waals surface area contributed by atoms with Crippen molar-refractivity contribution in [3.63, 3.8) is 0 Å². The van der Waals surface area contributed by atoms with Crippen molar-refractivity contribution >= 4 is 5.97 Å². The molecule has 1 N–H and O–H groups in total. The van der Waals surface area contributed by atoms with Crippen LogP contribution in [0.4, 0.5) is 110 Å². The molecule has 0 atom stereocenters. The summed E-state index contributed by atoms with van der Waals surface area (Å²) in [5, 5.41) is 7.86. The molecule has 0 saturated carbocycles. The molecule has 0 spiro atoms. The zero-order valence-electron chi connectivity index (χ0n) is 17.5. The molecule has 0 heterocycles. The second kappa shape index (κ2) is 9.36. The molecule has 246 valence electrons. The van der Waals surface area contributed by atoms with Crippen molar-refractivity contribution < 1.29 is 120 Å². The lowest BCUT2D eigenvalue weighted by molar-refractivity contribution is -0.482. The van der Waals surface area contributed by atoms with Crippen LogP contribution in [-0.2, 0) is 4.79 Å². The summed E-state index contributed by atoms with van der Waals surface area (Å²) in [5.41, 5.74) is 0. The van der Waals surface area contributed by atoms with E-state index in [-0.39, 0.29) is 0 Å². The second-order valence-electron chi connectivity index (χ2n) is 7.52. The highest BCUT2D eigenvalue weighted by molar-refractivity contribution is 5.68. The molecule has 0 bridgehead atoms. The van der Waals surface area contributed by atoms with Crippen molar-refractivity contribution in [1.29, 1.82) is 0 Å². The predicted octanol–water partition coefficient (Wildman–Crippen LogP) is 8.01. The largest absolute Gasteiger partial charge is 0.481 e. The van der Waals surface area contributed by atoms with Crippen LogP contribution in [0.25, 0.3) is 0 Å². The minimum absolute atomic E-state index is 3.38. The first-order chi connectivity index (χ1) is 17.2. The third-order valence-electron chi connectivity index (χ3n) is 4.74. The molecule has 0 rings (SSSR count). The van der Waals surface area contributed by atoms with Crippen LogP contribution in [0.3, 0.4) is 0 Å². The zero-order chi connectivity index (χ0) is 34.3. The minimum atomic E-state index is -9.66. The maximum absolute atomic E-state index is 13.5. The van der Waals surface area contributed by atoms with Gasteiger partial charge in [0.05, 0.1) is 0 Å². The quantitative estimate of drug-likeness (QED) is 0.213. The van der Waals surface area contributed by atoms with Crippen molar-refractivity contribution in [2.24, 2.45) is 0 Å². The van der Waals surface area contributed by atoms with Crippen LogP contribution in [0.5, 0.6) is 0 Å². The number of carboxylic acid groups (broad SMARTS) is 1. The molecule has 2 nitrogen and oxygen atoms in total. The lowest BCUT2D eigenvalue weighted by atomic mass is 9.84. The number of rotatable bonds is 12. The zero-order valence-corrected chi connectivity index (χ0v) is 17.5. The summed E-state index contributed by atoms with van der Waals surface area (Å²) in [5.74, 6) is -103. The molecule has 0 aliphatic rings. The standard InChI is InChI=1S/C14H3F25O2/c15-3(16,1-2(40)41)4(17,18)5(19,20)6(21,22)7(23,24)8(25,26)9(27,28)10(29,30)11(31,32)12(33,34)13(35,36)14(37,38)39/h1H2,(H,40,41). The van der Waals surface area contributed by atoms with E-state index in [1.165, 1.54) is 0 Å². The number of alkyl halides is 25. The minimum Gasteiger partial charge on any atom is -0.481 e. The first kappa shape index (κ1) is 38.7. The monoisotopic (exact) mass is 678 g/mol. The van der Waals surface area contributed by atoms with Crippen molar-refractivity contribution in [3.8, 4) is 0 Å². The predicted molar refractivity (Wildman–Crippen MR) is 72.7 cm³/mol. The van der Waals surface area contributed by atoms with Crippen molar-refractivity contribution in [1.82, 2.24) is 0 Å². The SMILES string of the molecule is O=C(O)CC(F)(F)C(F)(F)C(F)(F)C(F)(F)C(F)(F)C(F)(F)C(F)(F)C(F)(F)C(F)(F)C(F)(F)C(F)(F)C(F)(F)F. The first-order valence-corrected chi connectivity index (χ1v) is 8.61. The van der Waals surface area contributed by atoms with E-state index in [2.05, 4.69) is 0 Å². The van der Waals surface area contributed by atoms with Gasteiger partial charge in [-0.1, -0.05) is 0 Å². The van der Waals surface area contributed by atoms with E-state index in [4.69, 9.17) is 5.11 Å². The Bertz CT molecular complexity index is 987. The van der Waals surface area contributed by atoms with E-state index in [1.807, 2.05) is 0 Å². The molecule has 0 aromatic carbocycles. The average molecular weight is 678 g/mol. The lowest BCUT2D eigenvalue weighted by Crippen LogP contribution is -2.78. The van der Waals surface area contributed by atoms with Gasteiger partial charge in [-0.2, -0.15) is 110 Å². The van der Waals surface area contributed by atoms with Gasteiger partial charge in [-0.25, -0.2) is 0 Å². The van der Waals surface area contributed by atoms with E-state index in [0.717, 1.165) is 0 Å². The Balaban J connectivity index is 7.33. The highest BCUT2D eigenvalue weighted by Crippen LogP contribution is 2.67. The maximum atomic E-state index is 13.5. The molecule has 0 amide bonds. The van der Waals surface area contributed by atoms with Gasteiger partial charge in [0.2, 0.25) is 0 Å². The molecule has 0 aromatic rings. The summed E-state index contributed by atoms with van der Waals surface area (Å²) >= 11 is 0. The fourth-order valence-electron chi connectivity index (χ4n) is 2.29. The third kappa shape index (κ3) is 4.65. The Morgan fingerprint density at radius 2 is 0.512 bits per heavy atom. The van der Waals surface area contributed by atoms with Gasteiger partial charge in [0.1, 0.15) is 6.42 Å². The fraction of sp³-hybridized carbons (Fsp3) is 0.929. The normalized spacial score (nSPS) is 16.7. The number of aliphatic carboxylic acids is 1. The molecule has 0 aromatic heterocycles. The van der Waals surface area contributed by atoms with Crippen LogP contribution >= 0.6 is 0 Å². The Labute approximate surface area is 205 Å². The molecular formula is C14H3F25O2. The number of halogens is 25. The maximum Gasteiger partial charge on any atom is 0.460 e. The lowest BCUT2D eigenvalue weighted by Gasteiger charge is -2.45. The van der Waals surface area contributed by atoms with E-state index in [1.54, 1.807) is 0 Å². The smallest absolute Gasteiger partial charge is 0.460 e. The number of carboxylic acids is 1. The molecule has 0 aliphatic heterocycles. The van der Waals surface area contributed by atoms with Crippen molar-refractivity contribution in [2.45, 2.75) is 77.7 Å². The molecule has 0 saturated heterocycles. The van der Waals surface area contributed by atoms with Crippen LogP contribution in [0, 0.1) is 0 Å². The van der Waals surface area contributed by atoms with Crippen molar-refractivity contribution in [3.05, 3.63) is 0 Å². The highest BCUT2D eigenvalue weighted by Gasteiger charge is 2.99. The van der Waals surface area contributed by atoms with Gasteiger partial charge in [-0.3, -0.25) is 4.79 Å². The van der Waals surface area contributed by atoms with Gasteiger partial charge >= 0.3 is 77.3 Å². The number of hydrogen-bond donors (Lipinski definition) is 1. The molecule has 0 fully saturated rings. The van der Waals surface area contributed by atoms with Gasteiger partial charge in [0.25, 0.3) is 0 Å². The van der Waals surface area contributed by atoms with Gasteiger partial charge in [0.15, 0.2) is 0 Å². The van der Waals surface area contributed by atoms with Crippen LogP contribution in [0.1, 0.15) is 6.42 Å². The Kier molecular flexibility index (Phi) is 8.84. The summed E-state index contributed by atoms with van der Waals surface area (Å²) < 4.78 is 328. The highest BCUT2D eigenvalue weighted by atomic mass is 19.4. The van der Waals surface area contributed by atoms with Crippen LogP contribution in [-0.4, -0.2) is 82.4 Å². The molecular weight excluding hydrogens is 675 g/mol. The summed E-state index contributed by atoms with van der Waals surface area (Å²) in [6.07, 6.45) is -12.0. The van der Waals surface area contributed by atoms with Gasteiger partial charge in [-0.15, -0.1) is 0 Å². The van der Waals surface area contributed by atoms with E-state index in [0.29, 0.717) is 0 Å². The van der Waals surface area contributed by atoms with Gasteiger partial charge < -0.3 is 5.11 Å². The van der Waals surface area contributed by atoms with Crippen molar-refractivity contribution in [2.75, 3.05) is 0 Å². The summed E-state index contributed by atoms with van der Waals surface area (Å²) in [6, 6.07) is 0. The number of carbonyl (C=O) groups is 1. The van der Waals surface area contributed by atoms with E-state index < -0.39 is 83.7 Å². The average Bonchev–Trinajstić information content (AvgIpc) is 2.70.